The Morgan fingerprint density at radius 3 is 2.54 bits per heavy atom. The number of likely N-dealkylation sites (tertiary alicyclic amines) is 1. The second-order valence-corrected chi connectivity index (χ2v) is 10.9. The minimum atomic E-state index is -0.595. The summed E-state index contributed by atoms with van der Waals surface area (Å²) in [4.78, 5) is 23.0. The van der Waals surface area contributed by atoms with Crippen LogP contribution in [0.25, 0.3) is 5.65 Å². The highest BCUT2D eigenvalue weighted by atomic mass is 35.5. The predicted octanol–water partition coefficient (Wildman–Crippen LogP) is 5.14. The van der Waals surface area contributed by atoms with Crippen molar-refractivity contribution in [3.8, 4) is 5.75 Å². The number of carbonyl (C=O) groups excluding carboxylic acids is 1. The van der Waals surface area contributed by atoms with Crippen LogP contribution in [-0.2, 0) is 12.1 Å². The topological polar surface area (TPSA) is 63.0 Å². The second-order valence-electron chi connectivity index (χ2n) is 10.6. The first kappa shape index (κ1) is 24.1. The fraction of sp³-hybridized carbons (Fsp3) is 0.519. The average Bonchev–Trinajstić information content (AvgIpc) is 3.32. The molecule has 2 aliphatic rings. The molecule has 0 saturated carbocycles. The molecule has 1 aromatic carbocycles. The largest absolute Gasteiger partial charge is 0.489 e. The molecule has 1 fully saturated rings. The quantitative estimate of drug-likeness (QED) is 0.501. The van der Waals surface area contributed by atoms with Crippen LogP contribution < -0.4 is 4.74 Å². The normalized spacial score (nSPS) is 18.5. The molecule has 8 heteroatoms. The number of aromatic nitrogens is 3. The summed E-state index contributed by atoms with van der Waals surface area (Å²) < 4.78 is 8.23. The van der Waals surface area contributed by atoms with Gasteiger partial charge in [0.15, 0.2) is 5.65 Å². The maximum Gasteiger partial charge on any atom is 0.258 e. The van der Waals surface area contributed by atoms with Gasteiger partial charge in [-0.25, -0.2) is 9.50 Å². The molecular weight excluding hydrogens is 462 g/mol. The van der Waals surface area contributed by atoms with Gasteiger partial charge < -0.3 is 14.5 Å². The standard InChI is InChI=1S/C27H34ClN5O2/c1-16(2)31-13-11-19(12-14-31)35-22-10-8-7-9-20(22)26(34)32-15-21-24(27(32,5)6)30-33-18(4)23(28)17(3)29-25(21)33/h7-10,16,19H,11-15H2,1-6H3. The summed E-state index contributed by atoms with van der Waals surface area (Å²) in [6.07, 6.45) is 2.05. The van der Waals surface area contributed by atoms with Crippen molar-refractivity contribution in [3.63, 3.8) is 0 Å². The third kappa shape index (κ3) is 3.99. The Kier molecular flexibility index (Phi) is 6.04. The van der Waals surface area contributed by atoms with Gasteiger partial charge in [0.2, 0.25) is 0 Å². The SMILES string of the molecule is Cc1nc2c3c(nn2c(C)c1Cl)C(C)(C)N(C(=O)c1ccccc1OC1CCN(C(C)C)CC1)C3. The van der Waals surface area contributed by atoms with Gasteiger partial charge in [0.05, 0.1) is 39.8 Å². The molecule has 1 saturated heterocycles. The van der Waals surface area contributed by atoms with Crippen LogP contribution in [0.5, 0.6) is 5.75 Å². The number of aryl methyl sites for hydroxylation is 2. The van der Waals surface area contributed by atoms with Crippen LogP contribution in [0, 0.1) is 13.8 Å². The first-order valence-electron chi connectivity index (χ1n) is 12.5. The van der Waals surface area contributed by atoms with Crippen LogP contribution in [0.15, 0.2) is 24.3 Å². The summed E-state index contributed by atoms with van der Waals surface area (Å²) in [5.41, 5.74) is 4.24. The van der Waals surface area contributed by atoms with E-state index >= 15 is 0 Å². The van der Waals surface area contributed by atoms with Crippen molar-refractivity contribution in [1.82, 2.24) is 24.4 Å². The zero-order chi connectivity index (χ0) is 25.1. The number of ether oxygens (including phenoxy) is 1. The van der Waals surface area contributed by atoms with Crippen LogP contribution in [0.1, 0.15) is 73.5 Å². The molecule has 0 radical (unpaired) electrons. The number of halogens is 1. The van der Waals surface area contributed by atoms with E-state index in [0.717, 1.165) is 54.2 Å². The first-order chi connectivity index (χ1) is 16.6. The monoisotopic (exact) mass is 495 g/mol. The van der Waals surface area contributed by atoms with E-state index in [0.29, 0.717) is 28.9 Å². The fourth-order valence-corrected chi connectivity index (χ4v) is 5.50. The number of rotatable bonds is 4. The van der Waals surface area contributed by atoms with Crippen molar-refractivity contribution in [2.75, 3.05) is 13.1 Å². The van der Waals surface area contributed by atoms with Crippen LogP contribution >= 0.6 is 11.6 Å². The number of para-hydroxylation sites is 1. The Bertz CT molecular complexity index is 1290. The van der Waals surface area contributed by atoms with Gasteiger partial charge in [-0.05, 0) is 66.5 Å². The molecule has 2 aromatic heterocycles. The lowest BCUT2D eigenvalue weighted by atomic mass is 10.00. The van der Waals surface area contributed by atoms with Crippen molar-refractivity contribution in [2.24, 2.45) is 0 Å². The van der Waals surface area contributed by atoms with Gasteiger partial charge in [-0.2, -0.15) is 5.10 Å². The molecule has 0 atom stereocenters. The van der Waals surface area contributed by atoms with Gasteiger partial charge in [0, 0.05) is 24.7 Å². The first-order valence-corrected chi connectivity index (χ1v) is 12.8. The van der Waals surface area contributed by atoms with Crippen LogP contribution in [0.3, 0.4) is 0 Å². The van der Waals surface area contributed by atoms with Crippen molar-refractivity contribution >= 4 is 23.2 Å². The molecule has 1 amide bonds. The highest BCUT2D eigenvalue weighted by Crippen LogP contribution is 2.42. The highest BCUT2D eigenvalue weighted by Gasteiger charge is 2.45. The molecule has 0 unspecified atom stereocenters. The van der Waals surface area contributed by atoms with Gasteiger partial charge in [-0.1, -0.05) is 23.7 Å². The molecule has 7 nitrogen and oxygen atoms in total. The summed E-state index contributed by atoms with van der Waals surface area (Å²) >= 11 is 6.43. The van der Waals surface area contributed by atoms with Crippen molar-refractivity contribution < 1.29 is 9.53 Å². The van der Waals surface area contributed by atoms with E-state index in [1.807, 2.05) is 61.4 Å². The van der Waals surface area contributed by atoms with E-state index < -0.39 is 5.54 Å². The zero-order valence-electron chi connectivity index (χ0n) is 21.4. The fourth-order valence-electron chi connectivity index (χ4n) is 5.38. The van der Waals surface area contributed by atoms with Crippen LogP contribution in [0.2, 0.25) is 5.02 Å². The summed E-state index contributed by atoms with van der Waals surface area (Å²) in [6.45, 7) is 14.9. The maximum atomic E-state index is 13.9. The molecule has 0 N–H and O–H groups in total. The summed E-state index contributed by atoms with van der Waals surface area (Å²) in [5.74, 6) is 0.607. The van der Waals surface area contributed by atoms with E-state index in [-0.39, 0.29) is 12.0 Å². The Morgan fingerprint density at radius 1 is 1.17 bits per heavy atom. The van der Waals surface area contributed by atoms with Crippen molar-refractivity contribution in [2.45, 2.75) is 78.6 Å². The molecule has 35 heavy (non-hydrogen) atoms. The molecule has 0 bridgehead atoms. The molecule has 186 valence electrons. The lowest BCUT2D eigenvalue weighted by Gasteiger charge is -2.35. The maximum absolute atomic E-state index is 13.9. The number of benzene rings is 1. The van der Waals surface area contributed by atoms with Crippen molar-refractivity contribution in [3.05, 3.63) is 57.5 Å². The molecule has 3 aromatic rings. The summed E-state index contributed by atoms with van der Waals surface area (Å²) in [7, 11) is 0. The van der Waals surface area contributed by atoms with Crippen molar-refractivity contribution in [1.29, 1.82) is 0 Å². The number of fused-ring (bicyclic) bond motifs is 3. The third-order valence-electron chi connectivity index (χ3n) is 7.62. The van der Waals surface area contributed by atoms with Crippen LogP contribution in [0.4, 0.5) is 0 Å². The Balaban J connectivity index is 1.42. The molecule has 5 rings (SSSR count). The van der Waals surface area contributed by atoms with Crippen LogP contribution in [-0.4, -0.2) is 55.5 Å². The van der Waals surface area contributed by atoms with Gasteiger partial charge >= 0.3 is 0 Å². The Morgan fingerprint density at radius 2 is 1.86 bits per heavy atom. The highest BCUT2D eigenvalue weighted by molar-refractivity contribution is 6.31. The number of amides is 1. The van der Waals surface area contributed by atoms with Gasteiger partial charge in [-0.15, -0.1) is 0 Å². The predicted molar refractivity (Wildman–Crippen MR) is 137 cm³/mol. The zero-order valence-corrected chi connectivity index (χ0v) is 22.2. The Labute approximate surface area is 212 Å². The van der Waals surface area contributed by atoms with Gasteiger partial charge in [0.25, 0.3) is 5.91 Å². The lowest BCUT2D eigenvalue weighted by Crippen LogP contribution is -2.42. The van der Waals surface area contributed by atoms with E-state index in [9.17, 15) is 4.79 Å². The van der Waals surface area contributed by atoms with E-state index in [2.05, 4.69) is 18.7 Å². The van der Waals surface area contributed by atoms with E-state index in [1.165, 1.54) is 0 Å². The minimum absolute atomic E-state index is 0.0521. The lowest BCUT2D eigenvalue weighted by molar-refractivity contribution is 0.0549. The average molecular weight is 496 g/mol. The molecule has 4 heterocycles. The number of carbonyl (C=O) groups is 1. The number of piperidine rings is 1. The van der Waals surface area contributed by atoms with Gasteiger partial charge in [0.1, 0.15) is 11.9 Å². The minimum Gasteiger partial charge on any atom is -0.489 e. The number of hydrogen-bond donors (Lipinski definition) is 0. The Hall–Kier alpha value is -2.64. The smallest absolute Gasteiger partial charge is 0.258 e. The van der Waals surface area contributed by atoms with E-state index in [4.69, 9.17) is 26.4 Å². The van der Waals surface area contributed by atoms with E-state index in [1.54, 1.807) is 0 Å². The third-order valence-corrected chi connectivity index (χ3v) is 8.16. The summed E-state index contributed by atoms with van der Waals surface area (Å²) in [5, 5.41) is 5.47. The number of hydrogen-bond acceptors (Lipinski definition) is 5. The van der Waals surface area contributed by atoms with Gasteiger partial charge in [-0.3, -0.25) is 4.79 Å². The molecular formula is C27H34ClN5O2. The summed E-state index contributed by atoms with van der Waals surface area (Å²) in [6, 6.07) is 8.16. The molecule has 0 spiro atoms. The second kappa shape index (κ2) is 8.79. The molecule has 2 aliphatic heterocycles. The molecule has 0 aliphatic carbocycles. The number of nitrogens with zero attached hydrogens (tertiary/aromatic N) is 5.